The average molecular weight is 331 g/mol. The Morgan fingerprint density at radius 1 is 1.29 bits per heavy atom. The molecule has 3 rings (SSSR count). The highest BCUT2D eigenvalue weighted by molar-refractivity contribution is 5.77. The van der Waals surface area contributed by atoms with E-state index in [-0.39, 0.29) is 11.3 Å². The van der Waals surface area contributed by atoms with Crippen LogP contribution in [0.25, 0.3) is 0 Å². The lowest BCUT2D eigenvalue weighted by atomic mass is 9.73. The summed E-state index contributed by atoms with van der Waals surface area (Å²) in [6.07, 6.45) is 7.07. The Morgan fingerprint density at radius 2 is 2.21 bits per heavy atom. The van der Waals surface area contributed by atoms with Gasteiger partial charge in [0.1, 0.15) is 0 Å². The summed E-state index contributed by atoms with van der Waals surface area (Å²) in [5.74, 6) is 0.280. The van der Waals surface area contributed by atoms with Crippen LogP contribution < -0.4 is 0 Å². The zero-order valence-corrected chi connectivity index (χ0v) is 14.7. The van der Waals surface area contributed by atoms with Crippen LogP contribution in [0, 0.1) is 5.41 Å². The summed E-state index contributed by atoms with van der Waals surface area (Å²) in [4.78, 5) is 21.4. The van der Waals surface area contributed by atoms with E-state index in [1.54, 1.807) is 13.3 Å². The Balaban J connectivity index is 1.61. The molecule has 0 N–H and O–H groups in total. The maximum atomic E-state index is 12.4. The first-order chi connectivity index (χ1) is 11.7. The summed E-state index contributed by atoms with van der Waals surface area (Å²) in [7, 11) is 1.76. The molecule has 0 saturated carbocycles. The van der Waals surface area contributed by atoms with Gasteiger partial charge in [0.25, 0.3) is 0 Å². The van der Waals surface area contributed by atoms with E-state index in [0.29, 0.717) is 13.0 Å². The lowest BCUT2D eigenvalue weighted by Gasteiger charge is -2.48. The first kappa shape index (κ1) is 17.4. The van der Waals surface area contributed by atoms with Gasteiger partial charge in [-0.25, -0.2) is 0 Å². The Labute approximate surface area is 145 Å². The summed E-state index contributed by atoms with van der Waals surface area (Å²) in [6.45, 7) is 5.74. The molecule has 1 aromatic rings. The van der Waals surface area contributed by atoms with Gasteiger partial charge in [-0.1, -0.05) is 6.07 Å². The molecule has 0 unspecified atom stereocenters. The molecule has 1 atom stereocenters. The summed E-state index contributed by atoms with van der Waals surface area (Å²) in [5.41, 5.74) is 1.25. The minimum atomic E-state index is 0.272. The Hall–Kier alpha value is -1.46. The standard InChI is InChI=1S/C19H29N3O2/c1-24-13-5-12-21-11-4-8-19(15-21)9-7-18(23)22(16-19)14-17-6-2-3-10-20-17/h2-3,6,10H,4-5,7-9,11-16H2,1H3/t19-/m1/s1. The van der Waals surface area contributed by atoms with Crippen LogP contribution in [-0.4, -0.2) is 60.6 Å². The molecule has 132 valence electrons. The molecule has 5 heteroatoms. The maximum Gasteiger partial charge on any atom is 0.222 e. The second-order valence-corrected chi connectivity index (χ2v) is 7.30. The molecule has 0 radical (unpaired) electrons. The molecular weight excluding hydrogens is 302 g/mol. The van der Waals surface area contributed by atoms with Crippen LogP contribution in [0.1, 0.15) is 37.8 Å². The van der Waals surface area contributed by atoms with Crippen LogP contribution in [0.3, 0.4) is 0 Å². The predicted octanol–water partition coefficient (Wildman–Crippen LogP) is 2.32. The molecule has 3 heterocycles. The van der Waals surface area contributed by atoms with Crippen molar-refractivity contribution >= 4 is 5.91 Å². The van der Waals surface area contributed by atoms with Crippen molar-refractivity contribution in [2.75, 3.05) is 39.9 Å². The lowest BCUT2D eigenvalue weighted by Crippen LogP contribution is -2.53. The van der Waals surface area contributed by atoms with Gasteiger partial charge < -0.3 is 14.5 Å². The zero-order valence-electron chi connectivity index (χ0n) is 14.7. The van der Waals surface area contributed by atoms with Crippen molar-refractivity contribution in [2.45, 2.75) is 38.6 Å². The third-order valence-corrected chi connectivity index (χ3v) is 5.39. The van der Waals surface area contributed by atoms with E-state index in [4.69, 9.17) is 4.74 Å². The molecule has 24 heavy (non-hydrogen) atoms. The van der Waals surface area contributed by atoms with Crippen molar-refractivity contribution in [3.8, 4) is 0 Å². The van der Waals surface area contributed by atoms with Gasteiger partial charge in [-0.15, -0.1) is 0 Å². The van der Waals surface area contributed by atoms with Gasteiger partial charge in [-0.2, -0.15) is 0 Å². The molecule has 0 bridgehead atoms. The second-order valence-electron chi connectivity index (χ2n) is 7.30. The van der Waals surface area contributed by atoms with E-state index in [1.165, 1.54) is 19.4 Å². The van der Waals surface area contributed by atoms with Gasteiger partial charge in [0.15, 0.2) is 0 Å². The summed E-state index contributed by atoms with van der Waals surface area (Å²) in [6, 6.07) is 5.92. The van der Waals surface area contributed by atoms with Crippen LogP contribution in [-0.2, 0) is 16.1 Å². The molecule has 5 nitrogen and oxygen atoms in total. The molecule has 1 amide bonds. The molecular formula is C19H29N3O2. The third kappa shape index (κ3) is 4.33. The Morgan fingerprint density at radius 3 is 3.00 bits per heavy atom. The minimum Gasteiger partial charge on any atom is -0.385 e. The van der Waals surface area contributed by atoms with E-state index in [9.17, 15) is 4.79 Å². The van der Waals surface area contributed by atoms with Gasteiger partial charge in [-0.3, -0.25) is 9.78 Å². The fourth-order valence-electron chi connectivity index (χ4n) is 4.20. The van der Waals surface area contributed by atoms with Crippen molar-refractivity contribution in [1.82, 2.24) is 14.8 Å². The number of nitrogens with zero attached hydrogens (tertiary/aromatic N) is 3. The van der Waals surface area contributed by atoms with Gasteiger partial charge in [0.05, 0.1) is 12.2 Å². The fourth-order valence-corrected chi connectivity index (χ4v) is 4.20. The van der Waals surface area contributed by atoms with Crippen LogP contribution in [0.15, 0.2) is 24.4 Å². The van der Waals surface area contributed by atoms with Crippen LogP contribution in [0.2, 0.25) is 0 Å². The van der Waals surface area contributed by atoms with Crippen molar-refractivity contribution in [3.05, 3.63) is 30.1 Å². The molecule has 1 spiro atoms. The fraction of sp³-hybridized carbons (Fsp3) is 0.684. The third-order valence-electron chi connectivity index (χ3n) is 5.39. The molecule has 0 aromatic carbocycles. The second kappa shape index (κ2) is 8.08. The normalized spacial score (nSPS) is 25.4. The first-order valence-corrected chi connectivity index (χ1v) is 9.10. The quantitative estimate of drug-likeness (QED) is 0.751. The maximum absolute atomic E-state index is 12.4. The number of carbonyl (C=O) groups excluding carboxylic acids is 1. The van der Waals surface area contributed by atoms with E-state index in [2.05, 4.69) is 9.88 Å². The number of piperidine rings is 2. The van der Waals surface area contributed by atoms with E-state index in [1.807, 2.05) is 23.1 Å². The van der Waals surface area contributed by atoms with Gasteiger partial charge in [-0.05, 0) is 44.4 Å². The van der Waals surface area contributed by atoms with E-state index < -0.39 is 0 Å². The zero-order chi connectivity index (χ0) is 16.8. The molecule has 2 saturated heterocycles. The summed E-state index contributed by atoms with van der Waals surface area (Å²) >= 11 is 0. The smallest absolute Gasteiger partial charge is 0.222 e. The first-order valence-electron chi connectivity index (χ1n) is 9.10. The number of ether oxygens (including phenoxy) is 1. The number of likely N-dealkylation sites (tertiary alicyclic amines) is 2. The van der Waals surface area contributed by atoms with Gasteiger partial charge >= 0.3 is 0 Å². The molecule has 2 aliphatic rings. The molecule has 0 aliphatic carbocycles. The number of pyridine rings is 1. The van der Waals surface area contributed by atoms with Crippen LogP contribution in [0.4, 0.5) is 0 Å². The average Bonchev–Trinajstić information content (AvgIpc) is 2.60. The number of amides is 1. The van der Waals surface area contributed by atoms with E-state index >= 15 is 0 Å². The number of hydrogen-bond donors (Lipinski definition) is 0. The van der Waals surface area contributed by atoms with Gasteiger partial charge in [0.2, 0.25) is 5.91 Å². The minimum absolute atomic E-state index is 0.272. The topological polar surface area (TPSA) is 45.7 Å². The molecule has 2 fully saturated rings. The van der Waals surface area contributed by atoms with Crippen LogP contribution in [0.5, 0.6) is 0 Å². The largest absolute Gasteiger partial charge is 0.385 e. The highest BCUT2D eigenvalue weighted by Gasteiger charge is 2.41. The van der Waals surface area contributed by atoms with Crippen molar-refractivity contribution in [3.63, 3.8) is 0 Å². The van der Waals surface area contributed by atoms with Crippen LogP contribution >= 0.6 is 0 Å². The lowest BCUT2D eigenvalue weighted by molar-refractivity contribution is -0.140. The summed E-state index contributed by atoms with van der Waals surface area (Å²) in [5, 5.41) is 0. The van der Waals surface area contributed by atoms with Crippen molar-refractivity contribution < 1.29 is 9.53 Å². The highest BCUT2D eigenvalue weighted by Crippen LogP contribution is 2.39. The number of hydrogen-bond acceptors (Lipinski definition) is 4. The molecule has 2 aliphatic heterocycles. The highest BCUT2D eigenvalue weighted by atomic mass is 16.5. The predicted molar refractivity (Wildman–Crippen MR) is 93.5 cm³/mol. The van der Waals surface area contributed by atoms with Crippen molar-refractivity contribution in [1.29, 1.82) is 0 Å². The monoisotopic (exact) mass is 331 g/mol. The Kier molecular flexibility index (Phi) is 5.85. The number of aromatic nitrogens is 1. The SMILES string of the molecule is COCCCN1CCC[C@@]2(CCC(=O)N(Cc3ccccn3)C2)C1. The number of carbonyl (C=O) groups is 1. The Bertz CT molecular complexity index is 537. The van der Waals surface area contributed by atoms with E-state index in [0.717, 1.165) is 44.8 Å². The molecule has 1 aromatic heterocycles. The van der Waals surface area contributed by atoms with Crippen molar-refractivity contribution in [2.24, 2.45) is 5.41 Å². The van der Waals surface area contributed by atoms with Gasteiger partial charge in [0, 0.05) is 51.4 Å². The number of rotatable bonds is 6. The number of methoxy groups -OCH3 is 1. The summed E-state index contributed by atoms with van der Waals surface area (Å²) < 4.78 is 5.18.